The van der Waals surface area contributed by atoms with Gasteiger partial charge in [0.1, 0.15) is 12.4 Å². The van der Waals surface area contributed by atoms with E-state index in [2.05, 4.69) is 52.8 Å². The van der Waals surface area contributed by atoms with Gasteiger partial charge in [-0.05, 0) is 35.3 Å². The number of rotatable bonds is 3. The van der Waals surface area contributed by atoms with E-state index in [1.54, 1.807) is 7.11 Å². The zero-order valence-corrected chi connectivity index (χ0v) is 15.8. The first-order valence-corrected chi connectivity index (χ1v) is 8.94. The van der Waals surface area contributed by atoms with Crippen molar-refractivity contribution in [3.63, 3.8) is 0 Å². The Kier molecular flexibility index (Phi) is 4.46. The van der Waals surface area contributed by atoms with Crippen LogP contribution >= 0.6 is 0 Å². The molecule has 3 rings (SSSR count). The molecule has 0 fully saturated rings. The molecule has 1 aliphatic heterocycles. The predicted octanol–water partition coefficient (Wildman–Crippen LogP) is 4.99. The van der Waals surface area contributed by atoms with Gasteiger partial charge in [0.2, 0.25) is 5.90 Å². The van der Waals surface area contributed by atoms with E-state index in [0.717, 1.165) is 30.1 Å². The number of aliphatic imine (C=N–C) groups is 1. The third kappa shape index (κ3) is 2.97. The molecule has 0 unspecified atom stereocenters. The zero-order chi connectivity index (χ0) is 17.5. The molecule has 0 amide bonds. The second kappa shape index (κ2) is 6.27. The fourth-order valence-corrected chi connectivity index (χ4v) is 3.48. The molecule has 1 atom stereocenters. The molecule has 24 heavy (non-hydrogen) atoms. The average Bonchev–Trinajstić information content (AvgIpc) is 3.02. The van der Waals surface area contributed by atoms with Crippen LogP contribution in [-0.4, -0.2) is 25.7 Å². The van der Waals surface area contributed by atoms with Crippen LogP contribution in [-0.2, 0) is 11.2 Å². The Morgan fingerprint density at radius 2 is 2.00 bits per heavy atom. The van der Waals surface area contributed by atoms with Crippen LogP contribution in [0.5, 0.6) is 5.75 Å². The molecule has 0 saturated heterocycles. The summed E-state index contributed by atoms with van der Waals surface area (Å²) >= 11 is 0. The summed E-state index contributed by atoms with van der Waals surface area (Å²) in [7, 11) is 1.78. The highest BCUT2D eigenvalue weighted by atomic mass is 16.5. The maximum atomic E-state index is 5.98. The number of hydrogen-bond acceptors (Lipinski definition) is 3. The van der Waals surface area contributed by atoms with Crippen LogP contribution in [0, 0.1) is 5.41 Å². The zero-order valence-electron chi connectivity index (χ0n) is 15.8. The summed E-state index contributed by atoms with van der Waals surface area (Å²) in [5.41, 5.74) is 5.05. The minimum absolute atomic E-state index is 0.124. The molecular weight excluding hydrogens is 298 g/mol. The molecule has 0 radical (unpaired) electrons. The Bertz CT molecular complexity index is 693. The number of nitrogens with zero attached hydrogens (tertiary/aromatic N) is 1. The van der Waals surface area contributed by atoms with Crippen LogP contribution in [0.15, 0.2) is 23.2 Å². The first-order valence-electron chi connectivity index (χ1n) is 8.94. The molecule has 0 saturated carbocycles. The lowest BCUT2D eigenvalue weighted by molar-refractivity contribution is 0.236. The van der Waals surface area contributed by atoms with Gasteiger partial charge in [-0.3, -0.25) is 0 Å². The lowest BCUT2D eigenvalue weighted by Gasteiger charge is -2.23. The van der Waals surface area contributed by atoms with Crippen LogP contribution in [0.25, 0.3) is 5.57 Å². The van der Waals surface area contributed by atoms with E-state index in [4.69, 9.17) is 14.5 Å². The van der Waals surface area contributed by atoms with Gasteiger partial charge in [0.15, 0.2) is 0 Å². The van der Waals surface area contributed by atoms with Crippen molar-refractivity contribution in [2.24, 2.45) is 10.4 Å². The van der Waals surface area contributed by atoms with E-state index in [9.17, 15) is 0 Å². The molecule has 1 aromatic carbocycles. The third-order valence-corrected chi connectivity index (χ3v) is 5.03. The third-order valence-electron chi connectivity index (χ3n) is 5.03. The fraction of sp³-hybridized carbons (Fsp3) is 0.571. The van der Waals surface area contributed by atoms with E-state index < -0.39 is 0 Å². The lowest BCUT2D eigenvalue weighted by atomic mass is 9.86. The van der Waals surface area contributed by atoms with Crippen LogP contribution in [0.1, 0.15) is 63.6 Å². The Labute approximate surface area is 145 Å². The summed E-state index contributed by atoms with van der Waals surface area (Å²) in [4.78, 5) is 4.88. The molecule has 1 heterocycles. The summed E-state index contributed by atoms with van der Waals surface area (Å²) < 4.78 is 11.8. The van der Waals surface area contributed by atoms with Gasteiger partial charge in [-0.25, -0.2) is 4.99 Å². The minimum Gasteiger partial charge on any atom is -0.496 e. The fourth-order valence-electron chi connectivity index (χ4n) is 3.48. The van der Waals surface area contributed by atoms with Crippen molar-refractivity contribution in [3.8, 4) is 5.75 Å². The van der Waals surface area contributed by atoms with Crippen molar-refractivity contribution in [1.82, 2.24) is 0 Å². The van der Waals surface area contributed by atoms with E-state index in [1.165, 1.54) is 16.7 Å². The standard InChI is InChI=1S/C21H29NO2/c1-13(2)14-10-11-15-16(19(14)23-6)8-7-9-17(15)20-22-18(12-24-20)21(3,4)5/h9-11,13,18H,7-8,12H2,1-6H3/t18-/m1/s1. The number of ether oxygens (including phenoxy) is 2. The minimum atomic E-state index is 0.124. The van der Waals surface area contributed by atoms with Crippen LogP contribution < -0.4 is 4.74 Å². The van der Waals surface area contributed by atoms with E-state index in [-0.39, 0.29) is 11.5 Å². The average molecular weight is 327 g/mol. The maximum absolute atomic E-state index is 5.98. The van der Waals surface area contributed by atoms with Gasteiger partial charge >= 0.3 is 0 Å². The molecule has 1 aromatic rings. The van der Waals surface area contributed by atoms with Crippen molar-refractivity contribution in [2.75, 3.05) is 13.7 Å². The van der Waals surface area contributed by atoms with Gasteiger partial charge in [0, 0.05) is 11.1 Å². The normalized spacial score (nSPS) is 20.4. The van der Waals surface area contributed by atoms with Gasteiger partial charge in [0.25, 0.3) is 0 Å². The predicted molar refractivity (Wildman–Crippen MR) is 100 cm³/mol. The summed E-state index contributed by atoms with van der Waals surface area (Å²) in [5, 5.41) is 0. The first kappa shape index (κ1) is 17.1. The summed E-state index contributed by atoms with van der Waals surface area (Å²) in [6.07, 6.45) is 4.28. The maximum Gasteiger partial charge on any atom is 0.216 e. The van der Waals surface area contributed by atoms with E-state index in [1.807, 2.05) is 0 Å². The lowest BCUT2D eigenvalue weighted by Crippen LogP contribution is -2.25. The highest BCUT2D eigenvalue weighted by Gasteiger charge is 2.33. The Balaban J connectivity index is 2.02. The SMILES string of the molecule is COc1c(C(C)C)ccc2c1CCC=C2C1=N[C@@H](C(C)(C)C)CO1. The van der Waals surface area contributed by atoms with Crippen molar-refractivity contribution >= 4 is 11.5 Å². The number of allylic oxidation sites excluding steroid dienone is 1. The second-order valence-corrected chi connectivity index (χ2v) is 8.15. The first-order chi connectivity index (χ1) is 11.3. The highest BCUT2D eigenvalue weighted by molar-refractivity contribution is 6.21. The molecule has 3 heteroatoms. The smallest absolute Gasteiger partial charge is 0.216 e. The summed E-state index contributed by atoms with van der Waals surface area (Å²) in [5.74, 6) is 2.29. The topological polar surface area (TPSA) is 30.8 Å². The van der Waals surface area contributed by atoms with Gasteiger partial charge < -0.3 is 9.47 Å². The molecule has 0 aromatic heterocycles. The van der Waals surface area contributed by atoms with Gasteiger partial charge in [0.05, 0.1) is 13.2 Å². The Hall–Kier alpha value is -1.77. The number of methoxy groups -OCH3 is 1. The second-order valence-electron chi connectivity index (χ2n) is 8.15. The number of fused-ring (bicyclic) bond motifs is 1. The largest absolute Gasteiger partial charge is 0.496 e. The van der Waals surface area contributed by atoms with Gasteiger partial charge in [-0.2, -0.15) is 0 Å². The number of benzene rings is 1. The Morgan fingerprint density at radius 1 is 1.25 bits per heavy atom. The monoisotopic (exact) mass is 327 g/mol. The van der Waals surface area contributed by atoms with Gasteiger partial charge in [-0.15, -0.1) is 0 Å². The Morgan fingerprint density at radius 3 is 2.58 bits per heavy atom. The molecular formula is C21H29NO2. The van der Waals surface area contributed by atoms with Crippen LogP contribution in [0.2, 0.25) is 0 Å². The van der Waals surface area contributed by atoms with Crippen molar-refractivity contribution in [2.45, 2.75) is 59.4 Å². The molecule has 2 aliphatic rings. The quantitative estimate of drug-likeness (QED) is 0.783. The highest BCUT2D eigenvalue weighted by Crippen LogP contribution is 2.40. The molecule has 0 N–H and O–H groups in total. The van der Waals surface area contributed by atoms with Crippen LogP contribution in [0.4, 0.5) is 0 Å². The summed E-state index contributed by atoms with van der Waals surface area (Å²) in [6, 6.07) is 4.63. The molecule has 0 spiro atoms. The molecule has 1 aliphatic carbocycles. The van der Waals surface area contributed by atoms with Crippen molar-refractivity contribution in [3.05, 3.63) is 34.9 Å². The van der Waals surface area contributed by atoms with E-state index >= 15 is 0 Å². The summed E-state index contributed by atoms with van der Waals surface area (Å²) in [6.45, 7) is 11.7. The van der Waals surface area contributed by atoms with Crippen molar-refractivity contribution in [1.29, 1.82) is 0 Å². The molecule has 3 nitrogen and oxygen atoms in total. The number of hydrogen-bond donors (Lipinski definition) is 0. The van der Waals surface area contributed by atoms with Crippen LogP contribution in [0.3, 0.4) is 0 Å². The van der Waals surface area contributed by atoms with Crippen molar-refractivity contribution < 1.29 is 9.47 Å². The van der Waals surface area contributed by atoms with Gasteiger partial charge in [-0.1, -0.05) is 52.8 Å². The van der Waals surface area contributed by atoms with E-state index in [0.29, 0.717) is 12.5 Å². The molecule has 0 bridgehead atoms. The molecule has 130 valence electrons.